The van der Waals surface area contributed by atoms with E-state index in [1.165, 1.54) is 11.8 Å². The molecule has 0 saturated carbocycles. The van der Waals surface area contributed by atoms with Crippen molar-refractivity contribution in [3.05, 3.63) is 66.0 Å². The summed E-state index contributed by atoms with van der Waals surface area (Å²) < 4.78 is 6.88. The van der Waals surface area contributed by atoms with Crippen molar-refractivity contribution in [3.8, 4) is 5.75 Å². The van der Waals surface area contributed by atoms with Gasteiger partial charge in [-0.2, -0.15) is 0 Å². The first-order chi connectivity index (χ1) is 14.6. The predicted octanol–water partition coefficient (Wildman–Crippen LogP) is 2.53. The molecule has 0 radical (unpaired) electrons. The summed E-state index contributed by atoms with van der Waals surface area (Å²) >= 11 is 1.28. The molecule has 3 rings (SSSR count). The highest BCUT2D eigenvalue weighted by Gasteiger charge is 2.14. The highest BCUT2D eigenvalue weighted by molar-refractivity contribution is 7.99. The van der Waals surface area contributed by atoms with Crippen molar-refractivity contribution in [2.75, 3.05) is 24.7 Å². The van der Waals surface area contributed by atoms with Gasteiger partial charge in [0.15, 0.2) is 5.16 Å². The van der Waals surface area contributed by atoms with Gasteiger partial charge in [-0.3, -0.25) is 9.59 Å². The largest absolute Gasteiger partial charge is 0.497 e. The van der Waals surface area contributed by atoms with Crippen molar-refractivity contribution < 1.29 is 14.3 Å². The number of hydrogen-bond donors (Lipinski definition) is 2. The van der Waals surface area contributed by atoms with Crippen LogP contribution in [0.4, 0.5) is 5.69 Å². The van der Waals surface area contributed by atoms with E-state index in [0.717, 1.165) is 11.3 Å². The molecular formula is C21H23N5O3S. The van der Waals surface area contributed by atoms with Crippen LogP contribution in [0.1, 0.15) is 15.9 Å². The summed E-state index contributed by atoms with van der Waals surface area (Å²) in [5, 5.41) is 14.1. The van der Waals surface area contributed by atoms with Crippen molar-refractivity contribution >= 4 is 29.3 Å². The van der Waals surface area contributed by atoms with E-state index in [4.69, 9.17) is 4.74 Å². The van der Waals surface area contributed by atoms with E-state index in [1.54, 1.807) is 42.3 Å². The zero-order valence-corrected chi connectivity index (χ0v) is 17.6. The summed E-state index contributed by atoms with van der Waals surface area (Å²) in [5.74, 6) is 0.506. The zero-order chi connectivity index (χ0) is 21.3. The van der Waals surface area contributed by atoms with Crippen LogP contribution in [-0.2, 0) is 18.3 Å². The Kier molecular flexibility index (Phi) is 7.45. The minimum absolute atomic E-state index is 0.167. The van der Waals surface area contributed by atoms with Gasteiger partial charge < -0.3 is 19.9 Å². The number of aromatic nitrogens is 3. The van der Waals surface area contributed by atoms with E-state index in [2.05, 4.69) is 20.8 Å². The third kappa shape index (κ3) is 5.84. The van der Waals surface area contributed by atoms with Crippen LogP contribution in [0.15, 0.2) is 60.0 Å². The number of nitrogens with one attached hydrogen (secondary N) is 2. The van der Waals surface area contributed by atoms with Gasteiger partial charge in [0.2, 0.25) is 5.91 Å². The van der Waals surface area contributed by atoms with E-state index in [1.807, 2.05) is 31.3 Å². The van der Waals surface area contributed by atoms with E-state index in [0.29, 0.717) is 29.4 Å². The number of thioether (sulfide) groups is 1. The predicted molar refractivity (Wildman–Crippen MR) is 116 cm³/mol. The fraction of sp³-hybridized carbons (Fsp3) is 0.238. The summed E-state index contributed by atoms with van der Waals surface area (Å²) in [6.45, 7) is 0.482. The number of carbonyl (C=O) groups excluding carboxylic acids is 2. The minimum atomic E-state index is -0.236. The van der Waals surface area contributed by atoms with Crippen LogP contribution in [0.3, 0.4) is 0 Å². The Bertz CT molecular complexity index is 1000. The van der Waals surface area contributed by atoms with Crippen molar-refractivity contribution in [1.29, 1.82) is 0 Å². The number of nitrogens with zero attached hydrogens (tertiary/aromatic N) is 3. The standard InChI is InChI=1S/C21H23N5O3S/c1-26-14-23-25-21(26)30-13-19(27)24-18-6-4-3-5-17(18)20(28)22-12-11-15-7-9-16(29-2)10-8-15/h3-10,14H,11-13H2,1-2H3,(H,22,28)(H,24,27). The molecule has 1 aromatic heterocycles. The molecule has 0 saturated heterocycles. The first-order valence-electron chi connectivity index (χ1n) is 9.33. The highest BCUT2D eigenvalue weighted by atomic mass is 32.2. The first-order valence-corrected chi connectivity index (χ1v) is 10.3. The lowest BCUT2D eigenvalue weighted by Gasteiger charge is -2.11. The van der Waals surface area contributed by atoms with Crippen LogP contribution in [-0.4, -0.2) is 46.0 Å². The van der Waals surface area contributed by atoms with Crippen LogP contribution in [0, 0.1) is 0 Å². The van der Waals surface area contributed by atoms with Gasteiger partial charge in [-0.1, -0.05) is 36.0 Å². The molecule has 2 amide bonds. The Morgan fingerprint density at radius 2 is 1.90 bits per heavy atom. The third-order valence-electron chi connectivity index (χ3n) is 4.31. The molecule has 0 unspecified atom stereocenters. The molecule has 0 bridgehead atoms. The number of aryl methyl sites for hydroxylation is 1. The molecule has 0 spiro atoms. The molecule has 2 aromatic carbocycles. The molecule has 0 atom stereocenters. The number of ether oxygens (including phenoxy) is 1. The number of para-hydroxylation sites is 1. The van der Waals surface area contributed by atoms with Crippen LogP contribution in [0.2, 0.25) is 0 Å². The van der Waals surface area contributed by atoms with E-state index in [9.17, 15) is 9.59 Å². The Balaban J connectivity index is 1.53. The smallest absolute Gasteiger partial charge is 0.253 e. The van der Waals surface area contributed by atoms with Crippen molar-refractivity contribution in [2.45, 2.75) is 11.6 Å². The Morgan fingerprint density at radius 1 is 1.13 bits per heavy atom. The molecule has 0 fully saturated rings. The van der Waals surface area contributed by atoms with E-state index in [-0.39, 0.29) is 17.6 Å². The summed E-state index contributed by atoms with van der Waals surface area (Å²) in [6.07, 6.45) is 2.27. The molecule has 1 heterocycles. The molecule has 0 aliphatic carbocycles. The average Bonchev–Trinajstić information content (AvgIpc) is 3.18. The fourth-order valence-corrected chi connectivity index (χ4v) is 3.41. The normalized spacial score (nSPS) is 10.5. The number of rotatable bonds is 9. The van der Waals surface area contributed by atoms with Gasteiger partial charge in [0.1, 0.15) is 12.1 Å². The van der Waals surface area contributed by atoms with Crippen molar-refractivity contribution in [3.63, 3.8) is 0 Å². The zero-order valence-electron chi connectivity index (χ0n) is 16.8. The Morgan fingerprint density at radius 3 is 2.60 bits per heavy atom. The van der Waals surface area contributed by atoms with Crippen molar-refractivity contribution in [1.82, 2.24) is 20.1 Å². The molecule has 3 aromatic rings. The second kappa shape index (κ2) is 10.4. The Labute approximate surface area is 179 Å². The van der Waals surface area contributed by atoms with E-state index < -0.39 is 0 Å². The van der Waals surface area contributed by atoms with Gasteiger partial charge in [-0.05, 0) is 36.2 Å². The van der Waals surface area contributed by atoms with Crippen molar-refractivity contribution in [2.24, 2.45) is 7.05 Å². The maximum atomic E-state index is 12.6. The Hall–Kier alpha value is -3.33. The molecule has 0 aliphatic rings. The number of amides is 2. The summed E-state index contributed by atoms with van der Waals surface area (Å²) in [4.78, 5) is 24.9. The van der Waals surface area contributed by atoms with Crippen LogP contribution < -0.4 is 15.4 Å². The lowest BCUT2D eigenvalue weighted by atomic mass is 10.1. The van der Waals surface area contributed by atoms with Crippen LogP contribution in [0.5, 0.6) is 5.75 Å². The lowest BCUT2D eigenvalue weighted by Crippen LogP contribution is -2.27. The maximum Gasteiger partial charge on any atom is 0.253 e. The molecular weight excluding hydrogens is 402 g/mol. The maximum absolute atomic E-state index is 12.6. The number of anilines is 1. The van der Waals surface area contributed by atoms with Gasteiger partial charge >= 0.3 is 0 Å². The van der Waals surface area contributed by atoms with Crippen LogP contribution in [0.25, 0.3) is 0 Å². The van der Waals surface area contributed by atoms with Crippen LogP contribution >= 0.6 is 11.8 Å². The molecule has 156 valence electrons. The number of benzene rings is 2. The minimum Gasteiger partial charge on any atom is -0.497 e. The quantitative estimate of drug-likeness (QED) is 0.511. The van der Waals surface area contributed by atoms with E-state index >= 15 is 0 Å². The molecule has 0 aliphatic heterocycles. The second-order valence-corrected chi connectivity index (χ2v) is 7.40. The highest BCUT2D eigenvalue weighted by Crippen LogP contribution is 2.18. The summed E-state index contributed by atoms with van der Waals surface area (Å²) in [7, 11) is 3.44. The lowest BCUT2D eigenvalue weighted by molar-refractivity contribution is -0.113. The van der Waals surface area contributed by atoms with Gasteiger partial charge in [0, 0.05) is 13.6 Å². The topological polar surface area (TPSA) is 98.1 Å². The van der Waals surface area contributed by atoms with Gasteiger partial charge in [-0.15, -0.1) is 10.2 Å². The molecule has 30 heavy (non-hydrogen) atoms. The average molecular weight is 426 g/mol. The fourth-order valence-electron chi connectivity index (χ4n) is 2.72. The monoisotopic (exact) mass is 425 g/mol. The number of hydrogen-bond acceptors (Lipinski definition) is 6. The van der Waals surface area contributed by atoms with Gasteiger partial charge in [0.25, 0.3) is 5.91 Å². The summed E-state index contributed by atoms with van der Waals surface area (Å²) in [5.41, 5.74) is 1.99. The number of methoxy groups -OCH3 is 1. The summed E-state index contributed by atoms with van der Waals surface area (Å²) in [6, 6.07) is 14.7. The van der Waals surface area contributed by atoms with Gasteiger partial charge in [0.05, 0.1) is 24.1 Å². The molecule has 8 nitrogen and oxygen atoms in total. The SMILES string of the molecule is COc1ccc(CCNC(=O)c2ccccc2NC(=O)CSc2nncn2C)cc1. The number of carbonyl (C=O) groups is 2. The second-order valence-electron chi connectivity index (χ2n) is 6.46. The third-order valence-corrected chi connectivity index (χ3v) is 5.34. The molecule has 2 N–H and O–H groups in total. The first kappa shape index (κ1) is 21.4. The molecule has 9 heteroatoms. The van der Waals surface area contributed by atoms with Gasteiger partial charge in [-0.25, -0.2) is 0 Å².